The smallest absolute Gasteiger partial charge is 0.260 e. The summed E-state index contributed by atoms with van der Waals surface area (Å²) in [6.07, 6.45) is 3.97. The highest BCUT2D eigenvalue weighted by molar-refractivity contribution is 6.32. The number of amides is 1. The first kappa shape index (κ1) is 17.5. The van der Waals surface area contributed by atoms with E-state index >= 15 is 0 Å². The zero-order chi connectivity index (χ0) is 17.0. The fraction of sp³-hybridized carbons (Fsp3) is 0.611. The van der Waals surface area contributed by atoms with Crippen LogP contribution in [-0.4, -0.2) is 65.7 Å². The van der Waals surface area contributed by atoms with Crippen molar-refractivity contribution in [2.24, 2.45) is 0 Å². The van der Waals surface area contributed by atoms with E-state index in [2.05, 4.69) is 4.90 Å². The van der Waals surface area contributed by atoms with Gasteiger partial charge in [0.15, 0.2) is 6.61 Å². The molecule has 0 aliphatic carbocycles. The molecule has 1 atom stereocenters. The first-order valence-corrected chi connectivity index (χ1v) is 9.03. The van der Waals surface area contributed by atoms with Crippen LogP contribution in [0.15, 0.2) is 24.3 Å². The van der Waals surface area contributed by atoms with Gasteiger partial charge in [0.1, 0.15) is 5.75 Å². The van der Waals surface area contributed by atoms with E-state index < -0.39 is 5.60 Å². The average molecular weight is 353 g/mol. The number of ether oxygens (including phenoxy) is 1. The van der Waals surface area contributed by atoms with E-state index in [9.17, 15) is 9.90 Å². The summed E-state index contributed by atoms with van der Waals surface area (Å²) in [5.74, 6) is 0.409. The lowest BCUT2D eigenvalue weighted by Gasteiger charge is -2.41. The number of aliphatic hydroxyl groups is 1. The van der Waals surface area contributed by atoms with E-state index in [1.807, 2.05) is 12.1 Å². The maximum absolute atomic E-state index is 12.4. The van der Waals surface area contributed by atoms with E-state index in [-0.39, 0.29) is 12.5 Å². The van der Waals surface area contributed by atoms with Gasteiger partial charge < -0.3 is 19.6 Å². The average Bonchev–Trinajstić information content (AvgIpc) is 3.06. The summed E-state index contributed by atoms with van der Waals surface area (Å²) in [5, 5.41) is 11.4. The number of carbonyl (C=O) groups is 1. The molecule has 5 nitrogen and oxygen atoms in total. The van der Waals surface area contributed by atoms with Crippen LogP contribution in [0.25, 0.3) is 0 Å². The summed E-state index contributed by atoms with van der Waals surface area (Å²) < 4.78 is 5.54. The van der Waals surface area contributed by atoms with Crippen molar-refractivity contribution >= 4 is 17.5 Å². The molecule has 1 aromatic carbocycles. The molecule has 0 unspecified atom stereocenters. The number of carbonyl (C=O) groups excluding carboxylic acids is 1. The lowest BCUT2D eigenvalue weighted by molar-refractivity contribution is -0.141. The molecule has 2 saturated heterocycles. The lowest BCUT2D eigenvalue weighted by Crippen LogP contribution is -2.56. The summed E-state index contributed by atoms with van der Waals surface area (Å²) in [4.78, 5) is 16.5. The molecule has 6 heteroatoms. The number of rotatable bonds is 5. The molecule has 24 heavy (non-hydrogen) atoms. The number of β-amino-alcohol motifs (C(OH)–C–C–N with tert-alkyl or cyclic N) is 1. The first-order chi connectivity index (χ1) is 11.6. The van der Waals surface area contributed by atoms with Gasteiger partial charge >= 0.3 is 0 Å². The Morgan fingerprint density at radius 2 is 1.96 bits per heavy atom. The van der Waals surface area contributed by atoms with Gasteiger partial charge in [-0.1, -0.05) is 23.7 Å². The number of para-hydroxylation sites is 1. The number of hydrogen-bond acceptors (Lipinski definition) is 4. The third kappa shape index (κ3) is 4.41. The summed E-state index contributed by atoms with van der Waals surface area (Å²) in [6.45, 7) is 3.75. The zero-order valence-corrected chi connectivity index (χ0v) is 14.7. The second kappa shape index (κ2) is 7.72. The standard InChI is InChI=1S/C18H25ClN2O3/c19-15-6-1-2-7-16(15)24-12-17(22)21-11-5-8-18(23,14-21)13-20-9-3-4-10-20/h1-2,6-7,23H,3-5,8-14H2/t18-/m1/s1. The van der Waals surface area contributed by atoms with Gasteiger partial charge in [-0.05, 0) is 50.9 Å². The van der Waals surface area contributed by atoms with Crippen LogP contribution in [0.5, 0.6) is 5.75 Å². The molecule has 2 heterocycles. The Labute approximate surface area is 148 Å². The quantitative estimate of drug-likeness (QED) is 0.882. The summed E-state index contributed by atoms with van der Waals surface area (Å²) in [7, 11) is 0. The Balaban J connectivity index is 1.53. The topological polar surface area (TPSA) is 53.0 Å². The van der Waals surface area contributed by atoms with Crippen molar-refractivity contribution in [3.05, 3.63) is 29.3 Å². The van der Waals surface area contributed by atoms with Crippen molar-refractivity contribution in [3.8, 4) is 5.75 Å². The number of likely N-dealkylation sites (tertiary alicyclic amines) is 2. The zero-order valence-electron chi connectivity index (χ0n) is 13.9. The maximum atomic E-state index is 12.4. The second-order valence-corrected chi connectivity index (χ2v) is 7.25. The minimum Gasteiger partial charge on any atom is -0.482 e. The van der Waals surface area contributed by atoms with Crippen molar-refractivity contribution < 1.29 is 14.6 Å². The Bertz CT molecular complexity index is 577. The first-order valence-electron chi connectivity index (χ1n) is 8.66. The second-order valence-electron chi connectivity index (χ2n) is 6.85. The highest BCUT2D eigenvalue weighted by Crippen LogP contribution is 2.25. The number of benzene rings is 1. The number of hydrogen-bond donors (Lipinski definition) is 1. The van der Waals surface area contributed by atoms with Gasteiger partial charge in [-0.3, -0.25) is 4.79 Å². The van der Waals surface area contributed by atoms with E-state index in [1.54, 1.807) is 17.0 Å². The third-order valence-corrected chi connectivity index (χ3v) is 5.12. The molecule has 132 valence electrons. The molecule has 1 N–H and O–H groups in total. The van der Waals surface area contributed by atoms with Gasteiger partial charge in [0.05, 0.1) is 17.2 Å². The van der Waals surface area contributed by atoms with Crippen LogP contribution >= 0.6 is 11.6 Å². The highest BCUT2D eigenvalue weighted by Gasteiger charge is 2.37. The Hall–Kier alpha value is -1.30. The van der Waals surface area contributed by atoms with E-state index in [0.717, 1.165) is 25.9 Å². The summed E-state index contributed by atoms with van der Waals surface area (Å²) in [5.41, 5.74) is -0.803. The Morgan fingerprint density at radius 3 is 2.71 bits per heavy atom. The predicted molar refractivity (Wildman–Crippen MR) is 93.4 cm³/mol. The van der Waals surface area contributed by atoms with Crippen molar-refractivity contribution in [1.82, 2.24) is 9.80 Å². The van der Waals surface area contributed by atoms with Gasteiger partial charge in [-0.25, -0.2) is 0 Å². The van der Waals surface area contributed by atoms with Gasteiger partial charge in [0.2, 0.25) is 0 Å². The summed E-state index contributed by atoms with van der Waals surface area (Å²) >= 11 is 6.04. The van der Waals surface area contributed by atoms with Crippen LogP contribution in [0.3, 0.4) is 0 Å². The Kier molecular flexibility index (Phi) is 5.64. The normalized spacial score (nSPS) is 25.0. The fourth-order valence-corrected chi connectivity index (χ4v) is 3.79. The van der Waals surface area contributed by atoms with Crippen molar-refractivity contribution in [1.29, 1.82) is 0 Å². The summed E-state index contributed by atoms with van der Waals surface area (Å²) in [6, 6.07) is 7.12. The van der Waals surface area contributed by atoms with Crippen LogP contribution < -0.4 is 4.74 Å². The van der Waals surface area contributed by atoms with Crippen molar-refractivity contribution in [2.75, 3.05) is 39.3 Å². The molecule has 1 amide bonds. The number of piperidine rings is 1. The van der Waals surface area contributed by atoms with Gasteiger partial charge in [0.25, 0.3) is 5.91 Å². The number of halogens is 1. The van der Waals surface area contributed by atoms with Crippen LogP contribution in [0, 0.1) is 0 Å². The molecular weight excluding hydrogens is 328 g/mol. The molecule has 0 saturated carbocycles. The molecule has 2 fully saturated rings. The van der Waals surface area contributed by atoms with Crippen LogP contribution in [-0.2, 0) is 4.79 Å². The van der Waals surface area contributed by atoms with Crippen LogP contribution in [0.1, 0.15) is 25.7 Å². The molecule has 0 radical (unpaired) electrons. The molecule has 2 aliphatic heterocycles. The minimum absolute atomic E-state index is 0.0521. The predicted octanol–water partition coefficient (Wildman–Crippen LogP) is 2.17. The maximum Gasteiger partial charge on any atom is 0.260 e. The van der Waals surface area contributed by atoms with Gasteiger partial charge in [0, 0.05) is 13.1 Å². The monoisotopic (exact) mass is 352 g/mol. The molecular formula is C18H25ClN2O3. The third-order valence-electron chi connectivity index (χ3n) is 4.81. The lowest BCUT2D eigenvalue weighted by atomic mass is 9.92. The molecule has 0 spiro atoms. The van der Waals surface area contributed by atoms with Crippen molar-refractivity contribution in [3.63, 3.8) is 0 Å². The fourth-order valence-electron chi connectivity index (χ4n) is 3.60. The van der Waals surface area contributed by atoms with E-state index in [4.69, 9.17) is 16.3 Å². The largest absolute Gasteiger partial charge is 0.482 e. The molecule has 0 bridgehead atoms. The van der Waals surface area contributed by atoms with Crippen LogP contribution in [0.2, 0.25) is 5.02 Å². The molecule has 0 aromatic heterocycles. The molecule has 3 rings (SSSR count). The van der Waals surface area contributed by atoms with Gasteiger partial charge in [-0.15, -0.1) is 0 Å². The molecule has 1 aromatic rings. The molecule has 2 aliphatic rings. The Morgan fingerprint density at radius 1 is 1.21 bits per heavy atom. The SMILES string of the molecule is O=C(COc1ccccc1Cl)N1CCC[C@@](O)(CN2CCCC2)C1. The van der Waals surface area contributed by atoms with Crippen LogP contribution in [0.4, 0.5) is 0 Å². The number of nitrogens with zero attached hydrogens (tertiary/aromatic N) is 2. The van der Waals surface area contributed by atoms with E-state index in [0.29, 0.717) is 30.4 Å². The van der Waals surface area contributed by atoms with E-state index in [1.165, 1.54) is 12.8 Å². The minimum atomic E-state index is -0.803. The highest BCUT2D eigenvalue weighted by atomic mass is 35.5. The van der Waals surface area contributed by atoms with Gasteiger partial charge in [-0.2, -0.15) is 0 Å². The van der Waals surface area contributed by atoms with Crippen molar-refractivity contribution in [2.45, 2.75) is 31.3 Å².